The summed E-state index contributed by atoms with van der Waals surface area (Å²) in [5.74, 6) is 0.100. The van der Waals surface area contributed by atoms with Crippen LogP contribution >= 0.6 is 0 Å². The van der Waals surface area contributed by atoms with Crippen LogP contribution in [0.4, 0.5) is 0 Å². The van der Waals surface area contributed by atoms with Gasteiger partial charge in [-0.1, -0.05) is 66.7 Å². The molecule has 2 aromatic rings. The molecule has 0 atom stereocenters. The van der Waals surface area contributed by atoms with E-state index in [9.17, 15) is 4.79 Å². The van der Waals surface area contributed by atoms with Gasteiger partial charge in [0, 0.05) is 5.56 Å². The smallest absolute Gasteiger partial charge is 0.159 e. The number of aryl methyl sites for hydroxylation is 1. The lowest BCUT2D eigenvalue weighted by atomic mass is 9.98. The van der Waals surface area contributed by atoms with Crippen molar-refractivity contribution in [2.75, 3.05) is 0 Å². The number of rotatable bonds is 2. The van der Waals surface area contributed by atoms with E-state index in [1.54, 1.807) is 6.92 Å². The minimum absolute atomic E-state index is 0.100. The topological polar surface area (TPSA) is 17.1 Å². The van der Waals surface area contributed by atoms with Crippen LogP contribution < -0.4 is 0 Å². The van der Waals surface area contributed by atoms with Crippen LogP contribution in [0.25, 0.3) is 11.1 Å². The van der Waals surface area contributed by atoms with E-state index in [0.29, 0.717) is 0 Å². The fourth-order valence-electron chi connectivity index (χ4n) is 2.08. The third-order valence-corrected chi connectivity index (χ3v) is 3.16. The molecular formula is C19H18O. The molecule has 1 nitrogen and oxygen atoms in total. The van der Waals surface area contributed by atoms with Crippen molar-refractivity contribution in [3.63, 3.8) is 0 Å². The lowest BCUT2D eigenvalue weighted by molar-refractivity contribution is 0.101. The molecule has 2 rings (SSSR count). The molecule has 0 aliphatic carbocycles. The minimum atomic E-state index is 0.100. The van der Waals surface area contributed by atoms with E-state index in [0.717, 1.165) is 22.3 Å². The zero-order valence-corrected chi connectivity index (χ0v) is 11.8. The van der Waals surface area contributed by atoms with Gasteiger partial charge in [0.05, 0.1) is 0 Å². The molecule has 0 aliphatic heterocycles. The van der Waals surface area contributed by atoms with Gasteiger partial charge < -0.3 is 0 Å². The van der Waals surface area contributed by atoms with Crippen molar-refractivity contribution >= 4 is 5.78 Å². The summed E-state index contributed by atoms with van der Waals surface area (Å²) in [6, 6.07) is 24.0. The molecule has 1 heteroatoms. The second-order valence-corrected chi connectivity index (χ2v) is 4.72. The molecule has 0 heterocycles. The lowest BCUT2D eigenvalue weighted by Gasteiger charge is -2.06. The number of hydrogen-bond donors (Lipinski definition) is 0. The van der Waals surface area contributed by atoms with Gasteiger partial charge in [0.15, 0.2) is 5.78 Å². The summed E-state index contributed by atoms with van der Waals surface area (Å²) in [5, 5.41) is 0. The van der Waals surface area contributed by atoms with Crippen molar-refractivity contribution in [3.8, 4) is 11.1 Å². The molecule has 0 radical (unpaired) electrons. The maximum absolute atomic E-state index is 11.4. The molecule has 0 aliphatic rings. The van der Waals surface area contributed by atoms with Gasteiger partial charge in [-0.2, -0.15) is 0 Å². The number of Topliss-reactive ketones (excluding diaryl/α,β-unsaturated/α-hetero) is 1. The highest BCUT2D eigenvalue weighted by atomic mass is 16.1. The Labute approximate surface area is 120 Å². The predicted octanol–water partition coefficient (Wildman–Crippen LogP) is 4.99. The Kier molecular flexibility index (Phi) is 4.67. The van der Waals surface area contributed by atoms with Gasteiger partial charge in [-0.05, 0) is 36.6 Å². The summed E-state index contributed by atoms with van der Waals surface area (Å²) in [7, 11) is 0. The van der Waals surface area contributed by atoms with E-state index in [-0.39, 0.29) is 5.78 Å². The standard InChI is InChI=1S/C19H18O/c1-15-14-18(16(2)20)12-13-19(15)17-10-8-6-4-3-5-7-9-11-17/h3-14H,1-2H3. The lowest BCUT2D eigenvalue weighted by Crippen LogP contribution is -1.93. The normalized spacial score (nSPS) is 9.70. The molecule has 0 saturated carbocycles. The predicted molar refractivity (Wildman–Crippen MR) is 84.2 cm³/mol. The SMILES string of the molecule is CC(=O)c1ccc(-c2ccccccccc2)c(C)c1. The van der Waals surface area contributed by atoms with Crippen LogP contribution in [-0.4, -0.2) is 5.78 Å². The molecule has 0 unspecified atom stereocenters. The van der Waals surface area contributed by atoms with Gasteiger partial charge >= 0.3 is 0 Å². The summed E-state index contributed by atoms with van der Waals surface area (Å²) in [4.78, 5) is 11.4. The zero-order chi connectivity index (χ0) is 14.4. The zero-order valence-electron chi connectivity index (χ0n) is 11.8. The Hall–Kier alpha value is -2.41. The van der Waals surface area contributed by atoms with Crippen LogP contribution in [-0.2, 0) is 0 Å². The molecule has 0 spiro atoms. The molecular weight excluding hydrogens is 244 g/mol. The van der Waals surface area contributed by atoms with E-state index in [1.165, 1.54) is 0 Å². The van der Waals surface area contributed by atoms with E-state index in [4.69, 9.17) is 0 Å². The maximum atomic E-state index is 11.4. The van der Waals surface area contributed by atoms with Gasteiger partial charge in [0.1, 0.15) is 0 Å². The van der Waals surface area contributed by atoms with E-state index in [2.05, 4.69) is 12.1 Å². The van der Waals surface area contributed by atoms with Crippen LogP contribution in [0.5, 0.6) is 0 Å². The highest BCUT2D eigenvalue weighted by molar-refractivity contribution is 5.94. The van der Waals surface area contributed by atoms with Crippen LogP contribution in [0.1, 0.15) is 22.8 Å². The van der Waals surface area contributed by atoms with Crippen molar-refractivity contribution in [2.24, 2.45) is 0 Å². The Morgan fingerprint density at radius 1 is 0.800 bits per heavy atom. The summed E-state index contributed by atoms with van der Waals surface area (Å²) in [6.45, 7) is 3.63. The van der Waals surface area contributed by atoms with Gasteiger partial charge in [-0.25, -0.2) is 0 Å². The first-order chi connectivity index (χ1) is 9.68. The number of hydrogen-bond acceptors (Lipinski definition) is 1. The van der Waals surface area contributed by atoms with Gasteiger partial charge in [-0.15, -0.1) is 0 Å². The highest BCUT2D eigenvalue weighted by Crippen LogP contribution is 2.23. The van der Waals surface area contributed by atoms with Gasteiger partial charge in [0.25, 0.3) is 0 Å². The largest absolute Gasteiger partial charge is 0.295 e. The molecule has 100 valence electrons. The minimum Gasteiger partial charge on any atom is -0.295 e. The molecule has 0 aromatic heterocycles. The molecule has 2 aromatic carbocycles. The monoisotopic (exact) mass is 262 g/mol. The Morgan fingerprint density at radius 2 is 1.35 bits per heavy atom. The third kappa shape index (κ3) is 3.55. The third-order valence-electron chi connectivity index (χ3n) is 3.16. The Balaban J connectivity index is 2.54. The average Bonchev–Trinajstić information content (AvgIpc) is 2.44. The van der Waals surface area contributed by atoms with Gasteiger partial charge in [-0.3, -0.25) is 4.79 Å². The average molecular weight is 262 g/mol. The molecule has 20 heavy (non-hydrogen) atoms. The second-order valence-electron chi connectivity index (χ2n) is 4.72. The second kappa shape index (κ2) is 6.67. The van der Waals surface area contributed by atoms with Crippen LogP contribution in [0.15, 0.2) is 72.8 Å². The fourth-order valence-corrected chi connectivity index (χ4v) is 2.08. The van der Waals surface area contributed by atoms with Crippen molar-refractivity contribution in [1.29, 1.82) is 0 Å². The van der Waals surface area contributed by atoms with E-state index < -0.39 is 0 Å². The molecule has 0 saturated heterocycles. The first kappa shape index (κ1) is 14.0. The first-order valence-corrected chi connectivity index (χ1v) is 6.69. The highest BCUT2D eigenvalue weighted by Gasteiger charge is 2.04. The molecule has 0 amide bonds. The van der Waals surface area contributed by atoms with E-state index in [1.807, 2.05) is 67.6 Å². The van der Waals surface area contributed by atoms with Crippen molar-refractivity contribution in [2.45, 2.75) is 13.8 Å². The van der Waals surface area contributed by atoms with Crippen LogP contribution in [0.2, 0.25) is 0 Å². The van der Waals surface area contributed by atoms with Gasteiger partial charge in [0.2, 0.25) is 0 Å². The number of carbonyl (C=O) groups is 1. The molecule has 0 N–H and O–H groups in total. The first-order valence-electron chi connectivity index (χ1n) is 6.69. The number of carbonyl (C=O) groups excluding carboxylic acids is 1. The molecule has 0 bridgehead atoms. The van der Waals surface area contributed by atoms with Crippen molar-refractivity contribution in [1.82, 2.24) is 0 Å². The van der Waals surface area contributed by atoms with Crippen molar-refractivity contribution in [3.05, 3.63) is 83.9 Å². The number of benzene rings is 1. The fraction of sp³-hybridized carbons (Fsp3) is 0.105. The summed E-state index contributed by atoms with van der Waals surface area (Å²) < 4.78 is 0. The van der Waals surface area contributed by atoms with Crippen LogP contribution in [0, 0.1) is 6.92 Å². The van der Waals surface area contributed by atoms with E-state index >= 15 is 0 Å². The Morgan fingerprint density at radius 3 is 1.85 bits per heavy atom. The summed E-state index contributed by atoms with van der Waals surface area (Å²) >= 11 is 0. The molecule has 0 fully saturated rings. The van der Waals surface area contributed by atoms with Crippen LogP contribution in [0.3, 0.4) is 0 Å². The van der Waals surface area contributed by atoms with Crippen molar-refractivity contribution < 1.29 is 4.79 Å². The maximum Gasteiger partial charge on any atom is 0.159 e. The summed E-state index contributed by atoms with van der Waals surface area (Å²) in [6.07, 6.45) is 0. The Bertz CT molecular complexity index is 645. The number of ketones is 1. The summed E-state index contributed by atoms with van der Waals surface area (Å²) in [5.41, 5.74) is 4.15. The quantitative estimate of drug-likeness (QED) is 0.697.